The molecule has 0 fully saturated rings. The van der Waals surface area contributed by atoms with Crippen LogP contribution in [0.5, 0.6) is 17.2 Å². The Balaban J connectivity index is 1.79. The molecule has 0 spiro atoms. The smallest absolute Gasteiger partial charge is 0.189 e. The molecular formula is C23H20O4. The number of aromatic hydroxyl groups is 1. The number of carbonyl (C=O) groups excluding carboxylic acids is 1. The van der Waals surface area contributed by atoms with Crippen molar-refractivity contribution in [2.24, 2.45) is 0 Å². The van der Waals surface area contributed by atoms with Crippen LogP contribution in [0.4, 0.5) is 0 Å². The summed E-state index contributed by atoms with van der Waals surface area (Å²) in [5.74, 6) is 0.286. The van der Waals surface area contributed by atoms with Gasteiger partial charge in [-0.05, 0) is 28.8 Å². The van der Waals surface area contributed by atoms with Crippen LogP contribution in [-0.2, 0) is 0 Å². The van der Waals surface area contributed by atoms with Crippen LogP contribution in [0.2, 0.25) is 0 Å². The molecule has 3 rings (SSSR count). The molecule has 0 aliphatic heterocycles. The van der Waals surface area contributed by atoms with Gasteiger partial charge in [-0.2, -0.15) is 0 Å². The Morgan fingerprint density at radius 1 is 0.852 bits per heavy atom. The zero-order valence-electron chi connectivity index (χ0n) is 15.2. The number of methoxy groups -OCH3 is 2. The highest BCUT2D eigenvalue weighted by Crippen LogP contribution is 2.34. The summed E-state index contributed by atoms with van der Waals surface area (Å²) in [6, 6.07) is 20.8. The van der Waals surface area contributed by atoms with E-state index in [2.05, 4.69) is 0 Å². The van der Waals surface area contributed by atoms with Crippen molar-refractivity contribution in [3.63, 3.8) is 0 Å². The largest absolute Gasteiger partial charge is 0.507 e. The summed E-state index contributed by atoms with van der Waals surface area (Å²) in [6.45, 7) is 0. The van der Waals surface area contributed by atoms with Crippen molar-refractivity contribution in [3.8, 4) is 28.4 Å². The Morgan fingerprint density at radius 3 is 2.07 bits per heavy atom. The third-order valence-corrected chi connectivity index (χ3v) is 4.21. The second-order valence-electron chi connectivity index (χ2n) is 5.91. The van der Waals surface area contributed by atoms with Gasteiger partial charge in [0.15, 0.2) is 17.3 Å². The number of hydrogen-bond donors (Lipinski definition) is 1. The quantitative estimate of drug-likeness (QED) is 0.498. The lowest BCUT2D eigenvalue weighted by molar-refractivity contribution is 0.104. The zero-order chi connectivity index (χ0) is 19.2. The van der Waals surface area contributed by atoms with E-state index < -0.39 is 0 Å². The molecule has 0 radical (unpaired) electrons. The molecule has 4 heteroatoms. The van der Waals surface area contributed by atoms with Crippen LogP contribution in [0.3, 0.4) is 0 Å². The first kappa shape index (κ1) is 18.3. The number of phenolic OH excluding ortho intramolecular Hbond substituents is 1. The predicted octanol–water partition coefficient (Wildman–Crippen LogP) is 4.97. The number of benzene rings is 3. The molecule has 0 heterocycles. The molecule has 4 nitrogen and oxygen atoms in total. The minimum atomic E-state index is -0.319. The summed E-state index contributed by atoms with van der Waals surface area (Å²) in [4.78, 5) is 12.5. The highest BCUT2D eigenvalue weighted by atomic mass is 16.5. The third kappa shape index (κ3) is 4.18. The van der Waals surface area contributed by atoms with Gasteiger partial charge in [-0.15, -0.1) is 0 Å². The Labute approximate surface area is 158 Å². The van der Waals surface area contributed by atoms with Gasteiger partial charge in [0.05, 0.1) is 19.8 Å². The fourth-order valence-electron chi connectivity index (χ4n) is 2.74. The zero-order valence-corrected chi connectivity index (χ0v) is 15.2. The van der Waals surface area contributed by atoms with Crippen molar-refractivity contribution in [1.82, 2.24) is 0 Å². The summed E-state index contributed by atoms with van der Waals surface area (Å²) in [5, 5.41) is 10.1. The van der Waals surface area contributed by atoms with Gasteiger partial charge in [0, 0.05) is 6.07 Å². The predicted molar refractivity (Wildman–Crippen MR) is 106 cm³/mol. The van der Waals surface area contributed by atoms with Crippen molar-refractivity contribution in [3.05, 3.63) is 83.9 Å². The summed E-state index contributed by atoms with van der Waals surface area (Å²) in [6.07, 6.45) is 3.14. The second kappa shape index (κ2) is 8.23. The van der Waals surface area contributed by atoms with Gasteiger partial charge in [0.2, 0.25) is 0 Å². The molecule has 0 aliphatic rings. The van der Waals surface area contributed by atoms with Crippen LogP contribution in [-0.4, -0.2) is 25.1 Å². The van der Waals surface area contributed by atoms with Gasteiger partial charge in [-0.1, -0.05) is 60.7 Å². The average Bonchev–Trinajstić information content (AvgIpc) is 2.72. The van der Waals surface area contributed by atoms with Crippen LogP contribution in [0.15, 0.2) is 72.8 Å². The summed E-state index contributed by atoms with van der Waals surface area (Å²) < 4.78 is 10.3. The molecule has 0 amide bonds. The first-order valence-electron chi connectivity index (χ1n) is 8.45. The summed E-state index contributed by atoms with van der Waals surface area (Å²) >= 11 is 0. The Morgan fingerprint density at radius 2 is 1.44 bits per heavy atom. The molecule has 0 saturated carbocycles. The molecule has 1 N–H and O–H groups in total. The van der Waals surface area contributed by atoms with E-state index in [9.17, 15) is 9.90 Å². The molecular weight excluding hydrogens is 340 g/mol. The fraction of sp³-hybridized carbons (Fsp3) is 0.0870. The number of ether oxygens (including phenoxy) is 2. The molecule has 0 aliphatic carbocycles. The van der Waals surface area contributed by atoms with Gasteiger partial charge < -0.3 is 14.6 Å². The van der Waals surface area contributed by atoms with Crippen molar-refractivity contribution in [2.45, 2.75) is 0 Å². The monoisotopic (exact) mass is 360 g/mol. The van der Waals surface area contributed by atoms with E-state index in [0.29, 0.717) is 11.5 Å². The third-order valence-electron chi connectivity index (χ3n) is 4.21. The Bertz CT molecular complexity index is 958. The van der Waals surface area contributed by atoms with Crippen molar-refractivity contribution < 1.29 is 19.4 Å². The Kier molecular flexibility index (Phi) is 5.57. The number of ketones is 1. The maximum atomic E-state index is 12.5. The lowest BCUT2D eigenvalue weighted by Crippen LogP contribution is -1.98. The number of rotatable bonds is 6. The number of allylic oxidation sites excluding steroid dienone is 1. The molecule has 0 aromatic heterocycles. The molecule has 3 aromatic carbocycles. The maximum absolute atomic E-state index is 12.5. The van der Waals surface area contributed by atoms with Crippen LogP contribution < -0.4 is 9.47 Å². The van der Waals surface area contributed by atoms with Gasteiger partial charge in [-0.3, -0.25) is 4.79 Å². The topological polar surface area (TPSA) is 55.8 Å². The molecule has 3 aromatic rings. The van der Waals surface area contributed by atoms with Gasteiger partial charge in [0.25, 0.3) is 0 Å². The van der Waals surface area contributed by atoms with Crippen LogP contribution >= 0.6 is 0 Å². The summed E-state index contributed by atoms with van der Waals surface area (Å²) in [5.41, 5.74) is 3.30. The van der Waals surface area contributed by atoms with Crippen LogP contribution in [0, 0.1) is 0 Å². The SMILES string of the molecule is COc1cc(O)c(C(=O)/C=C/c2ccc(-c3ccccc3)cc2)cc1OC. The molecule has 136 valence electrons. The lowest BCUT2D eigenvalue weighted by atomic mass is 10.0. The van der Waals surface area contributed by atoms with E-state index in [4.69, 9.17) is 9.47 Å². The first-order valence-corrected chi connectivity index (χ1v) is 8.45. The maximum Gasteiger partial charge on any atom is 0.189 e. The molecule has 0 bridgehead atoms. The van der Waals surface area contributed by atoms with Crippen molar-refractivity contribution in [1.29, 1.82) is 0 Å². The number of carbonyl (C=O) groups is 1. The minimum absolute atomic E-state index is 0.151. The normalized spacial score (nSPS) is 10.7. The van der Waals surface area contributed by atoms with E-state index in [1.165, 1.54) is 32.4 Å². The van der Waals surface area contributed by atoms with Crippen LogP contribution in [0.25, 0.3) is 17.2 Å². The lowest BCUT2D eigenvalue weighted by Gasteiger charge is -2.10. The van der Waals surface area contributed by atoms with E-state index in [1.54, 1.807) is 6.08 Å². The van der Waals surface area contributed by atoms with Gasteiger partial charge in [-0.25, -0.2) is 0 Å². The Hall–Kier alpha value is -3.53. The number of phenols is 1. The van der Waals surface area contributed by atoms with E-state index in [-0.39, 0.29) is 17.1 Å². The highest BCUT2D eigenvalue weighted by molar-refractivity contribution is 6.09. The number of hydrogen-bond acceptors (Lipinski definition) is 4. The van der Waals surface area contributed by atoms with E-state index in [1.807, 2.05) is 54.6 Å². The molecule has 0 unspecified atom stereocenters. The molecule has 0 atom stereocenters. The standard InChI is InChI=1S/C23H20O4/c1-26-22-14-19(21(25)15-23(22)27-2)20(24)13-10-16-8-11-18(12-9-16)17-6-4-3-5-7-17/h3-15,25H,1-2H3/b13-10+. The van der Waals surface area contributed by atoms with Gasteiger partial charge >= 0.3 is 0 Å². The van der Waals surface area contributed by atoms with Crippen LogP contribution in [0.1, 0.15) is 15.9 Å². The average molecular weight is 360 g/mol. The van der Waals surface area contributed by atoms with Crippen molar-refractivity contribution in [2.75, 3.05) is 14.2 Å². The van der Waals surface area contributed by atoms with E-state index in [0.717, 1.165) is 16.7 Å². The molecule has 0 saturated heterocycles. The fourth-order valence-corrected chi connectivity index (χ4v) is 2.74. The van der Waals surface area contributed by atoms with E-state index >= 15 is 0 Å². The molecule has 27 heavy (non-hydrogen) atoms. The van der Waals surface area contributed by atoms with Crippen molar-refractivity contribution >= 4 is 11.9 Å². The highest BCUT2D eigenvalue weighted by Gasteiger charge is 2.14. The summed E-state index contributed by atoms with van der Waals surface area (Å²) in [7, 11) is 2.95. The minimum Gasteiger partial charge on any atom is -0.507 e. The van der Waals surface area contributed by atoms with Gasteiger partial charge in [0.1, 0.15) is 5.75 Å². The first-order chi connectivity index (χ1) is 13.1. The second-order valence-corrected chi connectivity index (χ2v) is 5.91.